The minimum atomic E-state index is -0.255. The summed E-state index contributed by atoms with van der Waals surface area (Å²) in [7, 11) is 0. The Labute approximate surface area is 168 Å². The van der Waals surface area contributed by atoms with E-state index in [2.05, 4.69) is 21.4 Å². The fourth-order valence-corrected chi connectivity index (χ4v) is 3.99. The number of carbonyl (C=O) groups excluding carboxylic acids is 2. The summed E-state index contributed by atoms with van der Waals surface area (Å²) in [6.07, 6.45) is 4.86. The first-order valence-electron chi connectivity index (χ1n) is 10.2. The minimum Gasteiger partial charge on any atom is -0.350 e. The molecule has 29 heavy (non-hydrogen) atoms. The van der Waals surface area contributed by atoms with Gasteiger partial charge in [0.15, 0.2) is 5.78 Å². The van der Waals surface area contributed by atoms with Gasteiger partial charge in [-0.25, -0.2) is 4.79 Å². The highest BCUT2D eigenvalue weighted by molar-refractivity contribution is 5.98. The number of carbonyl (C=O) groups is 2. The van der Waals surface area contributed by atoms with Gasteiger partial charge < -0.3 is 15.3 Å². The summed E-state index contributed by atoms with van der Waals surface area (Å²) < 4.78 is 0. The van der Waals surface area contributed by atoms with Crippen LogP contribution in [-0.2, 0) is 17.6 Å². The van der Waals surface area contributed by atoms with Crippen LogP contribution < -0.4 is 11.0 Å². The molecule has 150 valence electrons. The zero-order valence-corrected chi connectivity index (χ0v) is 16.5. The minimum absolute atomic E-state index is 0.00694. The van der Waals surface area contributed by atoms with Gasteiger partial charge in [0.1, 0.15) is 0 Å². The van der Waals surface area contributed by atoms with Crippen molar-refractivity contribution in [2.24, 2.45) is 0 Å². The molecule has 0 aliphatic heterocycles. The highest BCUT2D eigenvalue weighted by Gasteiger charge is 2.15. The monoisotopic (exact) mass is 391 g/mol. The molecule has 0 radical (unpaired) electrons. The smallest absolute Gasteiger partial charge is 0.323 e. The normalized spacial score (nSPS) is 14.4. The van der Waals surface area contributed by atoms with Gasteiger partial charge in [0, 0.05) is 18.4 Å². The molecule has 1 amide bonds. The van der Waals surface area contributed by atoms with Gasteiger partial charge in [-0.2, -0.15) is 0 Å². The SMILES string of the molecule is CC(NC(=O)CCC(=O)c1ccc2c(c1)CCCC2)c1ccc2[nH]c(=O)[nH]c2c1. The van der Waals surface area contributed by atoms with Crippen LogP contribution in [-0.4, -0.2) is 21.7 Å². The number of rotatable bonds is 6. The third kappa shape index (κ3) is 4.31. The standard InChI is InChI=1S/C23H25N3O3/c1-14(16-8-9-19-20(13-16)26-23(29)25-19)24-22(28)11-10-21(27)18-7-6-15-4-2-3-5-17(15)12-18/h6-9,12-14H,2-5,10-11H2,1H3,(H,24,28)(H2,25,26,29). The maximum Gasteiger partial charge on any atom is 0.323 e. The second kappa shape index (κ2) is 8.07. The maximum atomic E-state index is 12.5. The van der Waals surface area contributed by atoms with Gasteiger partial charge in [0.2, 0.25) is 5.91 Å². The van der Waals surface area contributed by atoms with E-state index in [1.807, 2.05) is 37.3 Å². The predicted octanol–water partition coefficient (Wildman–Crippen LogP) is 3.58. The molecular weight excluding hydrogens is 366 g/mol. The Balaban J connectivity index is 1.34. The van der Waals surface area contributed by atoms with E-state index < -0.39 is 0 Å². The number of aryl methyl sites for hydroxylation is 2. The van der Waals surface area contributed by atoms with E-state index >= 15 is 0 Å². The number of ketones is 1. The second-order valence-corrected chi connectivity index (χ2v) is 7.79. The molecule has 0 saturated carbocycles. The van der Waals surface area contributed by atoms with Crippen LogP contribution in [0.3, 0.4) is 0 Å². The van der Waals surface area contributed by atoms with Crippen LogP contribution in [0.1, 0.15) is 65.7 Å². The van der Waals surface area contributed by atoms with Gasteiger partial charge in [0.25, 0.3) is 0 Å². The first-order valence-corrected chi connectivity index (χ1v) is 10.2. The number of nitrogens with one attached hydrogen (secondary N) is 3. The Kier molecular flexibility index (Phi) is 5.34. The molecule has 3 N–H and O–H groups in total. The first kappa shape index (κ1) is 19.2. The molecule has 1 unspecified atom stereocenters. The molecule has 6 heteroatoms. The van der Waals surface area contributed by atoms with Crippen molar-refractivity contribution in [3.05, 3.63) is 69.1 Å². The number of aromatic nitrogens is 2. The number of hydrogen-bond acceptors (Lipinski definition) is 3. The Morgan fingerprint density at radius 1 is 0.966 bits per heavy atom. The number of fused-ring (bicyclic) bond motifs is 2. The molecule has 2 aromatic carbocycles. The Morgan fingerprint density at radius 2 is 1.72 bits per heavy atom. The zero-order chi connectivity index (χ0) is 20.4. The lowest BCUT2D eigenvalue weighted by molar-refractivity contribution is -0.121. The van der Waals surface area contributed by atoms with Gasteiger partial charge in [-0.05, 0) is 67.5 Å². The van der Waals surface area contributed by atoms with Crippen LogP contribution in [0.4, 0.5) is 0 Å². The van der Waals surface area contributed by atoms with E-state index in [0.29, 0.717) is 11.1 Å². The number of amides is 1. The van der Waals surface area contributed by atoms with Crippen molar-refractivity contribution >= 4 is 22.7 Å². The molecule has 0 spiro atoms. The number of Topliss-reactive ketones (excluding diaryl/α,β-unsaturated/α-hetero) is 1. The summed E-state index contributed by atoms with van der Waals surface area (Å²) in [4.78, 5) is 41.7. The lowest BCUT2D eigenvalue weighted by atomic mass is 9.89. The van der Waals surface area contributed by atoms with Crippen LogP contribution in [0.2, 0.25) is 0 Å². The van der Waals surface area contributed by atoms with Crippen molar-refractivity contribution in [3.63, 3.8) is 0 Å². The van der Waals surface area contributed by atoms with Crippen molar-refractivity contribution in [3.8, 4) is 0 Å². The highest BCUT2D eigenvalue weighted by Crippen LogP contribution is 2.23. The second-order valence-electron chi connectivity index (χ2n) is 7.79. The van der Waals surface area contributed by atoms with E-state index in [1.54, 1.807) is 0 Å². The number of benzene rings is 2. The highest BCUT2D eigenvalue weighted by atomic mass is 16.2. The van der Waals surface area contributed by atoms with E-state index in [1.165, 1.54) is 24.0 Å². The molecular formula is C23H25N3O3. The number of hydrogen-bond donors (Lipinski definition) is 3. The quantitative estimate of drug-likeness (QED) is 0.561. The molecule has 0 saturated heterocycles. The predicted molar refractivity (Wildman–Crippen MR) is 112 cm³/mol. The number of aromatic amines is 2. The van der Waals surface area contributed by atoms with Crippen LogP contribution in [0.15, 0.2) is 41.2 Å². The van der Waals surface area contributed by atoms with Crippen LogP contribution >= 0.6 is 0 Å². The van der Waals surface area contributed by atoms with Gasteiger partial charge in [-0.15, -0.1) is 0 Å². The zero-order valence-electron chi connectivity index (χ0n) is 16.5. The lowest BCUT2D eigenvalue weighted by Gasteiger charge is -2.16. The maximum absolute atomic E-state index is 12.5. The summed E-state index contributed by atoms with van der Waals surface area (Å²) in [6, 6.07) is 11.3. The van der Waals surface area contributed by atoms with Crippen molar-refractivity contribution in [2.75, 3.05) is 0 Å². The largest absolute Gasteiger partial charge is 0.350 e. The molecule has 0 bridgehead atoms. The topological polar surface area (TPSA) is 94.8 Å². The number of imidazole rings is 1. The molecule has 1 aliphatic rings. The third-order valence-electron chi connectivity index (χ3n) is 5.67. The van der Waals surface area contributed by atoms with E-state index in [9.17, 15) is 14.4 Å². The fraction of sp³-hybridized carbons (Fsp3) is 0.348. The third-order valence-corrected chi connectivity index (χ3v) is 5.67. The number of H-pyrrole nitrogens is 2. The summed E-state index contributed by atoms with van der Waals surface area (Å²) >= 11 is 0. The van der Waals surface area contributed by atoms with Crippen LogP contribution in [0, 0.1) is 0 Å². The Morgan fingerprint density at radius 3 is 2.55 bits per heavy atom. The average molecular weight is 391 g/mol. The molecule has 1 heterocycles. The van der Waals surface area contributed by atoms with E-state index in [0.717, 1.165) is 23.9 Å². The summed E-state index contributed by atoms with van der Waals surface area (Å²) in [6.45, 7) is 1.88. The molecule has 0 fully saturated rings. The molecule has 6 nitrogen and oxygen atoms in total. The molecule has 1 aliphatic carbocycles. The lowest BCUT2D eigenvalue weighted by Crippen LogP contribution is -2.27. The molecule has 1 atom stereocenters. The van der Waals surface area contributed by atoms with E-state index in [4.69, 9.17) is 0 Å². The van der Waals surface area contributed by atoms with Crippen molar-refractivity contribution in [1.82, 2.24) is 15.3 Å². The first-order chi connectivity index (χ1) is 14.0. The fourth-order valence-electron chi connectivity index (χ4n) is 3.99. The van der Waals surface area contributed by atoms with E-state index in [-0.39, 0.29) is 36.3 Å². The van der Waals surface area contributed by atoms with Gasteiger partial charge in [-0.3, -0.25) is 9.59 Å². The summed E-state index contributed by atoms with van der Waals surface area (Å²) in [5, 5.41) is 2.93. The summed E-state index contributed by atoms with van der Waals surface area (Å²) in [5.41, 5.74) is 5.40. The molecule has 4 rings (SSSR count). The Hall–Kier alpha value is -3.15. The Bertz CT molecular complexity index is 1130. The van der Waals surface area contributed by atoms with Crippen LogP contribution in [0.5, 0.6) is 0 Å². The van der Waals surface area contributed by atoms with Crippen molar-refractivity contribution in [1.29, 1.82) is 0 Å². The average Bonchev–Trinajstić information content (AvgIpc) is 3.10. The van der Waals surface area contributed by atoms with Crippen molar-refractivity contribution in [2.45, 2.75) is 51.5 Å². The molecule has 3 aromatic rings. The molecule has 1 aromatic heterocycles. The van der Waals surface area contributed by atoms with Crippen molar-refractivity contribution < 1.29 is 9.59 Å². The van der Waals surface area contributed by atoms with Gasteiger partial charge in [-0.1, -0.05) is 18.2 Å². The van der Waals surface area contributed by atoms with Gasteiger partial charge in [0.05, 0.1) is 17.1 Å². The summed E-state index contributed by atoms with van der Waals surface area (Å²) in [5.74, 6) is -0.154. The van der Waals surface area contributed by atoms with Crippen LogP contribution in [0.25, 0.3) is 11.0 Å². The van der Waals surface area contributed by atoms with Gasteiger partial charge >= 0.3 is 5.69 Å².